The van der Waals surface area contributed by atoms with E-state index in [9.17, 15) is 44.1 Å². The molecule has 17 heteroatoms. The maximum absolute atomic E-state index is 13.3. The van der Waals surface area contributed by atoms with Crippen LogP contribution in [0.1, 0.15) is 99.4 Å². The monoisotopic (exact) mass is 960 g/mol. The van der Waals surface area contributed by atoms with E-state index in [0.717, 1.165) is 28.2 Å². The van der Waals surface area contributed by atoms with Crippen molar-refractivity contribution in [3.8, 4) is 23.7 Å². The molecule has 7 N–H and O–H groups in total. The van der Waals surface area contributed by atoms with Gasteiger partial charge in [-0.1, -0.05) is 47.9 Å². The largest absolute Gasteiger partial charge is 0.393 e. The van der Waals surface area contributed by atoms with Crippen LogP contribution in [0.2, 0.25) is 0 Å². The Balaban J connectivity index is 0.000000309. The SMILES string of the molecule is CNC(=O)[C@@](C)(C(=O)CO)N(C)C(=O)c1ccc(C#Cc2ccc([C@@H](O)CO)cc2)cc1.CNC(=O)[C@@](C)(C(=O)COC1CCCCO1)N(C)C(=O)c1ccc(C#Cc2ccc([C@@H](O)CO)cc2)cc1. The molecule has 0 saturated carbocycles. The topological polar surface area (TPSA) is 253 Å². The zero-order chi connectivity index (χ0) is 51.6. The van der Waals surface area contributed by atoms with Gasteiger partial charge in [0.15, 0.2) is 28.9 Å². The third-order valence-electron chi connectivity index (χ3n) is 12.0. The van der Waals surface area contributed by atoms with Crippen LogP contribution in [-0.4, -0.2) is 149 Å². The van der Waals surface area contributed by atoms with E-state index in [1.807, 2.05) is 0 Å². The van der Waals surface area contributed by atoms with Gasteiger partial charge in [-0.3, -0.25) is 28.8 Å². The van der Waals surface area contributed by atoms with Gasteiger partial charge in [-0.2, -0.15) is 0 Å². The zero-order valence-corrected chi connectivity index (χ0v) is 40.0. The van der Waals surface area contributed by atoms with Gasteiger partial charge in [0, 0.05) is 68.2 Å². The molecule has 4 amide bonds. The molecule has 4 aromatic rings. The molecular weight excluding hydrogens is 901 g/mol. The number of hydrogen-bond donors (Lipinski definition) is 7. The van der Waals surface area contributed by atoms with Crippen molar-refractivity contribution in [1.82, 2.24) is 20.4 Å². The Labute approximate surface area is 407 Å². The molecule has 4 aromatic carbocycles. The minimum atomic E-state index is -1.85. The number of hydrogen-bond acceptors (Lipinski definition) is 13. The van der Waals surface area contributed by atoms with Crippen molar-refractivity contribution < 1.29 is 63.8 Å². The second kappa shape index (κ2) is 26.1. The third kappa shape index (κ3) is 13.8. The van der Waals surface area contributed by atoms with Gasteiger partial charge in [0.1, 0.15) is 25.4 Å². The summed E-state index contributed by atoms with van der Waals surface area (Å²) in [6.45, 7) is 1.30. The maximum Gasteiger partial charge on any atom is 0.254 e. The summed E-state index contributed by atoms with van der Waals surface area (Å²) in [5, 5.41) is 51.4. The second-order valence-electron chi connectivity index (χ2n) is 16.4. The third-order valence-corrected chi connectivity index (χ3v) is 12.0. The van der Waals surface area contributed by atoms with Crippen molar-refractivity contribution in [2.24, 2.45) is 0 Å². The highest BCUT2D eigenvalue weighted by Gasteiger charge is 2.47. The highest BCUT2D eigenvalue weighted by molar-refractivity contribution is 6.15. The van der Waals surface area contributed by atoms with Crippen LogP contribution < -0.4 is 10.6 Å². The van der Waals surface area contributed by atoms with Crippen molar-refractivity contribution in [3.05, 3.63) is 142 Å². The quantitative estimate of drug-likeness (QED) is 0.0629. The van der Waals surface area contributed by atoms with Gasteiger partial charge in [0.2, 0.25) is 0 Å². The molecule has 370 valence electrons. The number of likely N-dealkylation sites (N-methyl/N-ethyl adjacent to an activating group) is 4. The van der Waals surface area contributed by atoms with Gasteiger partial charge in [-0.25, -0.2) is 0 Å². The first-order chi connectivity index (χ1) is 33.4. The van der Waals surface area contributed by atoms with Crippen molar-refractivity contribution in [3.63, 3.8) is 0 Å². The fourth-order valence-corrected chi connectivity index (χ4v) is 6.99. The zero-order valence-electron chi connectivity index (χ0n) is 40.0. The number of carbonyl (C=O) groups excluding carboxylic acids is 6. The number of nitrogens with one attached hydrogen (secondary N) is 2. The predicted octanol–water partition coefficient (Wildman–Crippen LogP) is 2.05. The lowest BCUT2D eigenvalue weighted by Crippen LogP contribution is -2.62. The summed E-state index contributed by atoms with van der Waals surface area (Å²) in [5.74, 6) is 8.22. The van der Waals surface area contributed by atoms with E-state index < -0.39 is 71.4 Å². The molecule has 1 saturated heterocycles. The first-order valence-electron chi connectivity index (χ1n) is 22.3. The Bertz CT molecular complexity index is 2560. The molecule has 0 spiro atoms. The smallest absolute Gasteiger partial charge is 0.254 e. The van der Waals surface area contributed by atoms with E-state index in [1.54, 1.807) is 84.9 Å². The molecule has 1 unspecified atom stereocenters. The Hall–Kier alpha value is -7.06. The van der Waals surface area contributed by atoms with Gasteiger partial charge in [-0.15, -0.1) is 0 Å². The van der Waals surface area contributed by atoms with E-state index in [0.29, 0.717) is 46.4 Å². The summed E-state index contributed by atoms with van der Waals surface area (Å²) < 4.78 is 11.1. The van der Waals surface area contributed by atoms with E-state index in [2.05, 4.69) is 34.3 Å². The minimum absolute atomic E-state index is 0.251. The summed E-state index contributed by atoms with van der Waals surface area (Å²) in [7, 11) is 5.50. The lowest BCUT2D eigenvalue weighted by Gasteiger charge is -2.36. The van der Waals surface area contributed by atoms with Gasteiger partial charge in [0.25, 0.3) is 23.6 Å². The molecule has 0 radical (unpaired) electrons. The number of ketones is 2. The van der Waals surface area contributed by atoms with Crippen LogP contribution >= 0.6 is 0 Å². The number of ether oxygens (including phenoxy) is 2. The van der Waals surface area contributed by atoms with Crippen LogP contribution in [-0.2, 0) is 28.7 Å². The average molecular weight is 961 g/mol. The lowest BCUT2D eigenvalue weighted by molar-refractivity contribution is -0.174. The molecule has 1 heterocycles. The molecule has 0 bridgehead atoms. The molecule has 0 aromatic heterocycles. The van der Waals surface area contributed by atoms with Gasteiger partial charge in [-0.05, 0) is 117 Å². The molecule has 1 aliphatic rings. The molecular formula is C53H60N4O13. The maximum atomic E-state index is 13.3. The van der Waals surface area contributed by atoms with E-state index >= 15 is 0 Å². The van der Waals surface area contributed by atoms with Crippen molar-refractivity contribution in [2.45, 2.75) is 62.7 Å². The van der Waals surface area contributed by atoms with E-state index in [4.69, 9.17) is 19.7 Å². The van der Waals surface area contributed by atoms with Crippen LogP contribution in [0.4, 0.5) is 0 Å². The average Bonchev–Trinajstić information content (AvgIpc) is 3.41. The van der Waals surface area contributed by atoms with Crippen LogP contribution in [0.15, 0.2) is 97.1 Å². The molecule has 5 atom stereocenters. The number of amides is 4. The Kier molecular flexibility index (Phi) is 20.7. The van der Waals surface area contributed by atoms with Gasteiger partial charge < -0.3 is 55.4 Å². The first-order valence-corrected chi connectivity index (χ1v) is 22.3. The lowest BCUT2D eigenvalue weighted by atomic mass is 9.92. The number of rotatable bonds is 16. The summed E-state index contributed by atoms with van der Waals surface area (Å²) in [6.07, 6.45) is 0.186. The number of aliphatic hydroxyl groups is 5. The number of carbonyl (C=O) groups is 6. The van der Waals surface area contributed by atoms with Gasteiger partial charge >= 0.3 is 0 Å². The van der Waals surface area contributed by atoms with Crippen molar-refractivity contribution in [2.75, 3.05) is 61.2 Å². The Morgan fingerprint density at radius 3 is 1.29 bits per heavy atom. The van der Waals surface area contributed by atoms with Crippen molar-refractivity contribution >= 4 is 35.2 Å². The van der Waals surface area contributed by atoms with Crippen molar-refractivity contribution in [1.29, 1.82) is 0 Å². The predicted molar refractivity (Wildman–Crippen MR) is 258 cm³/mol. The molecule has 0 aliphatic carbocycles. The Morgan fingerprint density at radius 1 is 0.614 bits per heavy atom. The highest BCUT2D eigenvalue weighted by atomic mass is 16.7. The Morgan fingerprint density at radius 2 is 0.971 bits per heavy atom. The molecule has 1 fully saturated rings. The number of benzene rings is 4. The fourth-order valence-electron chi connectivity index (χ4n) is 6.99. The summed E-state index contributed by atoms with van der Waals surface area (Å²) in [4.78, 5) is 78.7. The fraction of sp³-hybridized carbons (Fsp3) is 0.358. The molecule has 70 heavy (non-hydrogen) atoms. The van der Waals surface area contributed by atoms with E-state index in [-0.39, 0.29) is 25.4 Å². The first kappa shape index (κ1) is 55.5. The summed E-state index contributed by atoms with van der Waals surface area (Å²) >= 11 is 0. The van der Waals surface area contributed by atoms with E-state index in [1.165, 1.54) is 54.2 Å². The number of aliphatic hydroxyl groups excluding tert-OH is 5. The van der Waals surface area contributed by atoms with Crippen LogP contribution in [0.5, 0.6) is 0 Å². The van der Waals surface area contributed by atoms with Gasteiger partial charge in [0.05, 0.1) is 13.2 Å². The second-order valence-corrected chi connectivity index (χ2v) is 16.4. The standard InChI is InChI=1S/C29H34N2O7.C24H26N2O6/c1-29(28(36)30-2,25(34)19-38-26-6-4-5-17-37-26)31(3)27(35)23-15-11-21(12-16-23)8-7-20-9-13-22(14-10-20)24(33)18-32;1-24(21(30)15-28,23(32)25-2)26(3)22(31)19-12-8-17(9-13-19)5-4-16-6-10-18(11-7-16)20(29)14-27/h9-16,24,26,32-33H,4-6,17-19H2,1-3H3,(H,30,36);6-13,20,27-29H,14-15H2,1-3H3,(H,25,32)/t24-,26?,29+;20-,24+/m00/s1. The summed E-state index contributed by atoms with van der Waals surface area (Å²) in [6, 6.07) is 26.6. The number of nitrogens with zero attached hydrogens (tertiary/aromatic N) is 2. The molecule has 1 aliphatic heterocycles. The van der Waals surface area contributed by atoms with Crippen LogP contribution in [0, 0.1) is 23.7 Å². The normalized spacial score (nSPS) is 15.4. The minimum Gasteiger partial charge on any atom is -0.393 e. The number of Topliss-reactive ketones (excluding diaryl/α,β-unsaturated/α-hetero) is 2. The summed E-state index contributed by atoms with van der Waals surface area (Å²) in [5.41, 5.74) is 0.834. The highest BCUT2D eigenvalue weighted by Crippen LogP contribution is 2.23. The molecule has 5 rings (SSSR count). The molecule has 17 nitrogen and oxygen atoms in total. The van der Waals surface area contributed by atoms with Crippen LogP contribution in [0.25, 0.3) is 0 Å². The van der Waals surface area contributed by atoms with Crippen LogP contribution in [0.3, 0.4) is 0 Å².